The molecule has 2 aromatic rings. The Morgan fingerprint density at radius 1 is 1.54 bits per heavy atom. The Bertz CT molecular complexity index is 448. The summed E-state index contributed by atoms with van der Waals surface area (Å²) in [6, 6.07) is 3.60. The number of benzene rings is 1. The Labute approximate surface area is 74.9 Å². The number of hydrogen-bond donors (Lipinski definition) is 3. The molecule has 4 nitrogen and oxygen atoms in total. The van der Waals surface area contributed by atoms with Crippen LogP contribution in [-0.2, 0) is 0 Å². The van der Waals surface area contributed by atoms with Gasteiger partial charge in [-0.25, -0.2) is 0 Å². The van der Waals surface area contributed by atoms with Crippen molar-refractivity contribution in [2.75, 3.05) is 12.8 Å². The highest BCUT2D eigenvalue weighted by atomic mass is 16.5. The van der Waals surface area contributed by atoms with E-state index in [0.29, 0.717) is 11.4 Å². The molecule has 0 spiro atoms. The molecule has 0 aliphatic carbocycles. The number of ether oxygens (including phenoxy) is 1. The van der Waals surface area contributed by atoms with Crippen molar-refractivity contribution in [1.29, 1.82) is 0 Å². The first-order valence-corrected chi connectivity index (χ1v) is 3.86. The molecule has 1 heterocycles. The largest absolute Gasteiger partial charge is 0.503 e. The van der Waals surface area contributed by atoms with Crippen LogP contribution in [0.3, 0.4) is 0 Å². The number of hydrogen-bond acceptors (Lipinski definition) is 3. The maximum Gasteiger partial charge on any atom is 0.183 e. The highest BCUT2D eigenvalue weighted by molar-refractivity contribution is 5.95. The fourth-order valence-electron chi connectivity index (χ4n) is 1.35. The first kappa shape index (κ1) is 7.79. The van der Waals surface area contributed by atoms with Gasteiger partial charge in [0.2, 0.25) is 0 Å². The Balaban J connectivity index is 2.83. The van der Waals surface area contributed by atoms with Crippen LogP contribution >= 0.6 is 0 Å². The molecule has 0 aliphatic rings. The van der Waals surface area contributed by atoms with Crippen LogP contribution in [0.15, 0.2) is 18.3 Å². The zero-order chi connectivity index (χ0) is 9.42. The fourth-order valence-corrected chi connectivity index (χ4v) is 1.35. The van der Waals surface area contributed by atoms with Crippen molar-refractivity contribution in [1.82, 2.24) is 4.98 Å². The molecule has 0 fully saturated rings. The van der Waals surface area contributed by atoms with Crippen LogP contribution < -0.4 is 10.5 Å². The molecule has 0 atom stereocenters. The highest BCUT2D eigenvalue weighted by Gasteiger charge is 2.10. The third kappa shape index (κ3) is 0.989. The predicted octanol–water partition coefficient (Wildman–Crippen LogP) is 1.46. The third-order valence-electron chi connectivity index (χ3n) is 2.04. The van der Waals surface area contributed by atoms with E-state index in [9.17, 15) is 5.11 Å². The van der Waals surface area contributed by atoms with Crippen LogP contribution in [0.25, 0.3) is 10.9 Å². The minimum absolute atomic E-state index is 0.0162. The van der Waals surface area contributed by atoms with Crippen LogP contribution in [-0.4, -0.2) is 17.2 Å². The van der Waals surface area contributed by atoms with Gasteiger partial charge < -0.3 is 20.6 Å². The van der Waals surface area contributed by atoms with Gasteiger partial charge >= 0.3 is 0 Å². The van der Waals surface area contributed by atoms with E-state index < -0.39 is 0 Å². The second-order valence-corrected chi connectivity index (χ2v) is 2.78. The number of methoxy groups -OCH3 is 1. The molecule has 0 amide bonds. The first-order chi connectivity index (χ1) is 6.24. The summed E-state index contributed by atoms with van der Waals surface area (Å²) in [7, 11) is 1.49. The van der Waals surface area contributed by atoms with Crippen molar-refractivity contribution in [3.8, 4) is 11.5 Å². The lowest BCUT2D eigenvalue weighted by Crippen LogP contribution is -1.91. The third-order valence-corrected chi connectivity index (χ3v) is 2.04. The van der Waals surface area contributed by atoms with Gasteiger partial charge in [0, 0.05) is 11.6 Å². The van der Waals surface area contributed by atoms with Crippen molar-refractivity contribution in [3.63, 3.8) is 0 Å². The van der Waals surface area contributed by atoms with Crippen LogP contribution in [0.4, 0.5) is 5.69 Å². The monoisotopic (exact) mass is 178 g/mol. The summed E-state index contributed by atoms with van der Waals surface area (Å²) in [6.07, 6.45) is 1.76. The molecule has 4 heteroatoms. The number of H-pyrrole nitrogens is 1. The summed E-state index contributed by atoms with van der Waals surface area (Å²) in [5.74, 6) is 0.377. The number of aromatic nitrogens is 1. The van der Waals surface area contributed by atoms with E-state index in [4.69, 9.17) is 10.5 Å². The standard InChI is InChI=1S/C9H10N2O2/c1-13-6-4-5-2-3-11-8(5)7(10)9(6)12/h2-4,11-12H,10H2,1H3. The van der Waals surface area contributed by atoms with E-state index in [2.05, 4.69) is 4.98 Å². The summed E-state index contributed by atoms with van der Waals surface area (Å²) >= 11 is 0. The Kier molecular flexibility index (Phi) is 1.55. The normalized spacial score (nSPS) is 10.5. The molecule has 68 valence electrons. The fraction of sp³-hybridized carbons (Fsp3) is 0.111. The summed E-state index contributed by atoms with van der Waals surface area (Å²) < 4.78 is 4.96. The van der Waals surface area contributed by atoms with Gasteiger partial charge in [-0.1, -0.05) is 0 Å². The average molecular weight is 178 g/mol. The summed E-state index contributed by atoms with van der Waals surface area (Å²) in [5, 5.41) is 10.5. The molecule has 1 aromatic carbocycles. The van der Waals surface area contributed by atoms with Crippen LogP contribution in [0.1, 0.15) is 0 Å². The smallest absolute Gasteiger partial charge is 0.183 e. The summed E-state index contributed by atoms with van der Waals surface area (Å²) in [4.78, 5) is 2.94. The van der Waals surface area contributed by atoms with Gasteiger partial charge in [0.1, 0.15) is 5.69 Å². The molecule has 1 aromatic heterocycles. The Morgan fingerprint density at radius 3 is 3.00 bits per heavy atom. The Morgan fingerprint density at radius 2 is 2.31 bits per heavy atom. The molecule has 2 rings (SSSR count). The van der Waals surface area contributed by atoms with Crippen molar-refractivity contribution in [2.24, 2.45) is 0 Å². The molecule has 0 unspecified atom stereocenters. The minimum Gasteiger partial charge on any atom is -0.503 e. The molecule has 0 bridgehead atoms. The molecular formula is C9H10N2O2. The lowest BCUT2D eigenvalue weighted by atomic mass is 10.2. The van der Waals surface area contributed by atoms with Gasteiger partial charge in [-0.05, 0) is 12.1 Å². The lowest BCUT2D eigenvalue weighted by Gasteiger charge is -2.06. The van der Waals surface area contributed by atoms with Crippen molar-refractivity contribution in [3.05, 3.63) is 18.3 Å². The zero-order valence-electron chi connectivity index (χ0n) is 7.16. The number of nitrogens with two attached hydrogens (primary N) is 1. The van der Waals surface area contributed by atoms with Crippen molar-refractivity contribution < 1.29 is 9.84 Å². The first-order valence-electron chi connectivity index (χ1n) is 3.86. The summed E-state index contributed by atoms with van der Waals surface area (Å²) in [6.45, 7) is 0. The average Bonchev–Trinajstić information content (AvgIpc) is 2.59. The molecular weight excluding hydrogens is 168 g/mol. The van der Waals surface area contributed by atoms with Gasteiger partial charge in [0.25, 0.3) is 0 Å². The molecule has 0 saturated heterocycles. The number of rotatable bonds is 1. The number of phenolic OH excluding ortho intramolecular Hbond substituents is 1. The van der Waals surface area contributed by atoms with E-state index in [1.165, 1.54) is 7.11 Å². The van der Waals surface area contributed by atoms with Crippen LogP contribution in [0.2, 0.25) is 0 Å². The molecule has 0 radical (unpaired) electrons. The van der Waals surface area contributed by atoms with Gasteiger partial charge in [-0.15, -0.1) is 0 Å². The number of aromatic amines is 1. The zero-order valence-corrected chi connectivity index (χ0v) is 7.16. The molecule has 4 N–H and O–H groups in total. The highest BCUT2D eigenvalue weighted by Crippen LogP contribution is 2.37. The van der Waals surface area contributed by atoms with Gasteiger partial charge in [0.05, 0.1) is 12.6 Å². The number of anilines is 1. The van der Waals surface area contributed by atoms with Gasteiger partial charge in [0.15, 0.2) is 11.5 Å². The van der Waals surface area contributed by atoms with Crippen molar-refractivity contribution in [2.45, 2.75) is 0 Å². The van der Waals surface area contributed by atoms with E-state index in [0.717, 1.165) is 10.9 Å². The second-order valence-electron chi connectivity index (χ2n) is 2.78. The predicted molar refractivity (Wildman–Crippen MR) is 50.9 cm³/mol. The number of phenols is 1. The van der Waals surface area contributed by atoms with Gasteiger partial charge in [-0.3, -0.25) is 0 Å². The minimum atomic E-state index is -0.0162. The van der Waals surface area contributed by atoms with Crippen LogP contribution in [0.5, 0.6) is 11.5 Å². The topological polar surface area (TPSA) is 71.3 Å². The van der Waals surface area contributed by atoms with Crippen LogP contribution in [0, 0.1) is 0 Å². The maximum absolute atomic E-state index is 9.54. The lowest BCUT2D eigenvalue weighted by molar-refractivity contribution is 0.375. The summed E-state index contributed by atoms with van der Waals surface area (Å²) in [5.41, 5.74) is 6.73. The van der Waals surface area contributed by atoms with E-state index >= 15 is 0 Å². The van der Waals surface area contributed by atoms with Crippen molar-refractivity contribution >= 4 is 16.6 Å². The Hall–Kier alpha value is -1.84. The molecule has 0 saturated carbocycles. The number of nitrogen functional groups attached to an aromatic ring is 1. The van der Waals surface area contributed by atoms with Gasteiger partial charge in [-0.2, -0.15) is 0 Å². The number of fused-ring (bicyclic) bond motifs is 1. The van der Waals surface area contributed by atoms with E-state index in [1.54, 1.807) is 12.3 Å². The van der Waals surface area contributed by atoms with E-state index in [1.807, 2.05) is 6.07 Å². The number of aromatic hydroxyl groups is 1. The molecule has 0 aliphatic heterocycles. The SMILES string of the molecule is COc1cc2cc[nH]c2c(N)c1O. The second kappa shape index (κ2) is 2.58. The number of nitrogens with one attached hydrogen (secondary N) is 1. The maximum atomic E-state index is 9.54. The van der Waals surface area contributed by atoms with E-state index in [-0.39, 0.29) is 5.75 Å². The quantitative estimate of drug-likeness (QED) is 0.457. The molecule has 13 heavy (non-hydrogen) atoms.